The largest absolute Gasteiger partial charge is 0.471 e. The van der Waals surface area contributed by atoms with Crippen LogP contribution < -0.4 is 10.1 Å². The standard InChI is InChI=1S/C23H33N3O2/c1-5-8-14-26(13-6-2)23(27)19-15-18(4)16-21(17-19)28-22(7-3)25-20-9-11-24-12-10-20/h9-12,15-17,22H,5-8,13-14H2,1-4H3,(H,24,25). The molecule has 5 heteroatoms. The number of hydrogen-bond acceptors (Lipinski definition) is 4. The molecule has 0 fully saturated rings. The second-order valence-corrected chi connectivity index (χ2v) is 7.08. The smallest absolute Gasteiger partial charge is 0.253 e. The molecule has 1 unspecified atom stereocenters. The number of carbonyl (C=O) groups is 1. The van der Waals surface area contributed by atoms with Gasteiger partial charge < -0.3 is 15.0 Å². The molecule has 1 aromatic carbocycles. The summed E-state index contributed by atoms with van der Waals surface area (Å²) in [5.41, 5.74) is 2.67. The summed E-state index contributed by atoms with van der Waals surface area (Å²) < 4.78 is 6.16. The molecule has 5 nitrogen and oxygen atoms in total. The molecular formula is C23H33N3O2. The van der Waals surface area contributed by atoms with Crippen LogP contribution in [-0.4, -0.2) is 35.1 Å². The van der Waals surface area contributed by atoms with Crippen molar-refractivity contribution in [3.8, 4) is 5.75 Å². The van der Waals surface area contributed by atoms with E-state index in [1.807, 2.05) is 42.2 Å². The number of amides is 1. The van der Waals surface area contributed by atoms with Crippen LogP contribution in [-0.2, 0) is 0 Å². The Kier molecular flexibility index (Phi) is 8.79. The fourth-order valence-corrected chi connectivity index (χ4v) is 3.07. The number of hydrogen-bond donors (Lipinski definition) is 1. The van der Waals surface area contributed by atoms with Crippen LogP contribution in [0.15, 0.2) is 42.7 Å². The van der Waals surface area contributed by atoms with Gasteiger partial charge in [-0.15, -0.1) is 0 Å². The van der Waals surface area contributed by atoms with Gasteiger partial charge in [-0.1, -0.05) is 27.2 Å². The van der Waals surface area contributed by atoms with Gasteiger partial charge in [0.25, 0.3) is 5.91 Å². The molecule has 2 rings (SSSR count). The van der Waals surface area contributed by atoms with Gasteiger partial charge in [-0.3, -0.25) is 9.78 Å². The number of pyridine rings is 1. The van der Waals surface area contributed by atoms with Crippen molar-refractivity contribution in [2.24, 2.45) is 0 Å². The molecular weight excluding hydrogens is 350 g/mol. The molecule has 0 saturated heterocycles. The minimum atomic E-state index is -0.181. The number of carbonyl (C=O) groups excluding carboxylic acids is 1. The predicted octanol–water partition coefficient (Wildman–Crippen LogP) is 5.27. The second kappa shape index (κ2) is 11.3. The maximum atomic E-state index is 13.0. The summed E-state index contributed by atoms with van der Waals surface area (Å²) in [6, 6.07) is 9.60. The maximum Gasteiger partial charge on any atom is 0.253 e. The molecule has 0 radical (unpaired) electrons. The number of benzene rings is 1. The highest BCUT2D eigenvalue weighted by atomic mass is 16.5. The molecule has 0 spiro atoms. The Morgan fingerprint density at radius 1 is 1.11 bits per heavy atom. The minimum absolute atomic E-state index is 0.0824. The molecule has 1 N–H and O–H groups in total. The Bertz CT molecular complexity index is 734. The number of aromatic nitrogens is 1. The minimum Gasteiger partial charge on any atom is -0.471 e. The first-order chi connectivity index (χ1) is 13.6. The topological polar surface area (TPSA) is 54.5 Å². The molecule has 1 atom stereocenters. The first-order valence-electron chi connectivity index (χ1n) is 10.3. The lowest BCUT2D eigenvalue weighted by atomic mass is 10.1. The predicted molar refractivity (Wildman–Crippen MR) is 115 cm³/mol. The van der Waals surface area contributed by atoms with E-state index in [2.05, 4.69) is 31.1 Å². The van der Waals surface area contributed by atoms with Gasteiger partial charge in [0.2, 0.25) is 0 Å². The lowest BCUT2D eigenvalue weighted by Crippen LogP contribution is -2.33. The van der Waals surface area contributed by atoms with Crippen LogP contribution in [0.2, 0.25) is 0 Å². The van der Waals surface area contributed by atoms with E-state index in [-0.39, 0.29) is 12.1 Å². The van der Waals surface area contributed by atoms with Crippen LogP contribution in [0.1, 0.15) is 62.4 Å². The van der Waals surface area contributed by atoms with Gasteiger partial charge in [0.15, 0.2) is 6.23 Å². The highest BCUT2D eigenvalue weighted by Crippen LogP contribution is 2.21. The van der Waals surface area contributed by atoms with Gasteiger partial charge in [-0.2, -0.15) is 0 Å². The van der Waals surface area contributed by atoms with Crippen molar-refractivity contribution in [1.82, 2.24) is 9.88 Å². The van der Waals surface area contributed by atoms with Crippen molar-refractivity contribution in [3.63, 3.8) is 0 Å². The van der Waals surface area contributed by atoms with E-state index in [1.165, 1.54) is 0 Å². The summed E-state index contributed by atoms with van der Waals surface area (Å²) in [5.74, 6) is 0.794. The summed E-state index contributed by atoms with van der Waals surface area (Å²) in [4.78, 5) is 19.0. The van der Waals surface area contributed by atoms with Crippen LogP contribution in [0, 0.1) is 6.92 Å². The van der Waals surface area contributed by atoms with Crippen molar-refractivity contribution in [2.75, 3.05) is 18.4 Å². The van der Waals surface area contributed by atoms with Gasteiger partial charge in [-0.25, -0.2) is 0 Å². The SMILES string of the molecule is CCCCN(CCC)C(=O)c1cc(C)cc(OC(CC)Nc2ccncc2)c1. The zero-order chi connectivity index (χ0) is 20.4. The molecule has 0 aliphatic carbocycles. The number of nitrogens with one attached hydrogen (secondary N) is 1. The van der Waals surface area contributed by atoms with Crippen molar-refractivity contribution < 1.29 is 9.53 Å². The van der Waals surface area contributed by atoms with Gasteiger partial charge in [-0.05, 0) is 55.7 Å². The lowest BCUT2D eigenvalue weighted by molar-refractivity contribution is 0.0752. The average Bonchev–Trinajstić information content (AvgIpc) is 2.70. The fraction of sp³-hybridized carbons (Fsp3) is 0.478. The van der Waals surface area contributed by atoms with E-state index in [0.29, 0.717) is 11.3 Å². The molecule has 0 aliphatic heterocycles. The molecule has 0 bridgehead atoms. The van der Waals surface area contributed by atoms with Crippen molar-refractivity contribution in [2.45, 2.75) is 59.6 Å². The number of rotatable bonds is 11. The molecule has 1 heterocycles. The van der Waals surface area contributed by atoms with Crippen LogP contribution in [0.25, 0.3) is 0 Å². The van der Waals surface area contributed by atoms with E-state index in [1.54, 1.807) is 12.4 Å². The highest BCUT2D eigenvalue weighted by Gasteiger charge is 2.17. The van der Waals surface area contributed by atoms with E-state index in [0.717, 1.165) is 50.0 Å². The molecule has 1 aromatic heterocycles. The number of anilines is 1. The zero-order valence-corrected chi connectivity index (χ0v) is 17.6. The van der Waals surface area contributed by atoms with Crippen LogP contribution >= 0.6 is 0 Å². The summed E-state index contributed by atoms with van der Waals surface area (Å²) in [6.45, 7) is 9.89. The molecule has 0 aliphatic rings. The van der Waals surface area contributed by atoms with Gasteiger partial charge in [0, 0.05) is 43.2 Å². The quantitative estimate of drug-likeness (QED) is 0.537. The second-order valence-electron chi connectivity index (χ2n) is 7.08. The first kappa shape index (κ1) is 21.7. The Morgan fingerprint density at radius 2 is 1.86 bits per heavy atom. The Morgan fingerprint density at radius 3 is 2.50 bits per heavy atom. The lowest BCUT2D eigenvalue weighted by Gasteiger charge is -2.24. The Balaban J connectivity index is 2.15. The fourth-order valence-electron chi connectivity index (χ4n) is 3.07. The molecule has 152 valence electrons. The monoisotopic (exact) mass is 383 g/mol. The van der Waals surface area contributed by atoms with E-state index in [4.69, 9.17) is 4.74 Å². The van der Waals surface area contributed by atoms with Gasteiger partial charge in [0.05, 0.1) is 0 Å². The van der Waals surface area contributed by atoms with Crippen LogP contribution in [0.3, 0.4) is 0 Å². The van der Waals surface area contributed by atoms with E-state index in [9.17, 15) is 4.79 Å². The summed E-state index contributed by atoms with van der Waals surface area (Å²) in [5, 5.41) is 3.36. The summed E-state index contributed by atoms with van der Waals surface area (Å²) >= 11 is 0. The Hall–Kier alpha value is -2.56. The van der Waals surface area contributed by atoms with Crippen molar-refractivity contribution in [3.05, 3.63) is 53.9 Å². The number of unbranched alkanes of at least 4 members (excludes halogenated alkanes) is 1. The van der Waals surface area contributed by atoms with Crippen LogP contribution in [0.5, 0.6) is 5.75 Å². The van der Waals surface area contributed by atoms with Crippen molar-refractivity contribution >= 4 is 11.6 Å². The van der Waals surface area contributed by atoms with Crippen molar-refractivity contribution in [1.29, 1.82) is 0 Å². The molecule has 2 aromatic rings. The van der Waals surface area contributed by atoms with E-state index < -0.39 is 0 Å². The summed E-state index contributed by atoms with van der Waals surface area (Å²) in [6.07, 6.45) is 7.16. The maximum absolute atomic E-state index is 13.0. The third-order valence-corrected chi connectivity index (χ3v) is 4.52. The third-order valence-electron chi connectivity index (χ3n) is 4.52. The van der Waals surface area contributed by atoms with Gasteiger partial charge in [0.1, 0.15) is 5.75 Å². The van der Waals surface area contributed by atoms with Crippen LogP contribution in [0.4, 0.5) is 5.69 Å². The number of nitrogens with zero attached hydrogens (tertiary/aromatic N) is 2. The highest BCUT2D eigenvalue weighted by molar-refractivity contribution is 5.94. The number of ether oxygens (including phenoxy) is 1. The number of aryl methyl sites for hydroxylation is 1. The van der Waals surface area contributed by atoms with Gasteiger partial charge >= 0.3 is 0 Å². The molecule has 28 heavy (non-hydrogen) atoms. The molecule has 0 saturated carbocycles. The summed E-state index contributed by atoms with van der Waals surface area (Å²) in [7, 11) is 0. The molecule has 1 amide bonds. The normalized spacial score (nSPS) is 11.7. The third kappa shape index (κ3) is 6.55. The Labute approximate surface area is 169 Å². The first-order valence-corrected chi connectivity index (χ1v) is 10.3. The van der Waals surface area contributed by atoms with E-state index >= 15 is 0 Å². The zero-order valence-electron chi connectivity index (χ0n) is 17.6. The average molecular weight is 384 g/mol.